The van der Waals surface area contributed by atoms with Gasteiger partial charge >= 0.3 is 0 Å². The molecule has 1 aromatic carbocycles. The molecule has 0 heterocycles. The molecule has 0 aliphatic heterocycles. The zero-order valence-corrected chi connectivity index (χ0v) is 9.30. The third kappa shape index (κ3) is 4.68. The fourth-order valence-electron chi connectivity index (χ4n) is 1.32. The predicted octanol–water partition coefficient (Wildman–Crippen LogP) is 2.91. The zero-order chi connectivity index (χ0) is 11.6. The molecule has 0 aromatic heterocycles. The highest BCUT2D eigenvalue weighted by molar-refractivity contribution is 5.28. The van der Waals surface area contributed by atoms with Crippen LogP contribution in [0.25, 0.3) is 10.4 Å². The van der Waals surface area contributed by atoms with Gasteiger partial charge in [0.1, 0.15) is 5.75 Å². The number of nitrogens with zero attached hydrogens (tertiary/aromatic N) is 3. The maximum Gasteiger partial charge on any atom is 0.188 e. The zero-order valence-electron chi connectivity index (χ0n) is 9.30. The first-order valence-electron chi connectivity index (χ1n) is 5.08. The summed E-state index contributed by atoms with van der Waals surface area (Å²) in [5, 5.41) is 3.49. The Labute approximate surface area is 94.6 Å². The van der Waals surface area contributed by atoms with Crippen LogP contribution in [-0.4, -0.2) is 20.4 Å². The normalized spacial score (nSPS) is 9.56. The smallest absolute Gasteiger partial charge is 0.188 e. The Kier molecular flexibility index (Phi) is 5.84. The van der Waals surface area contributed by atoms with E-state index >= 15 is 0 Å². The van der Waals surface area contributed by atoms with Gasteiger partial charge in [0.25, 0.3) is 0 Å². The second kappa shape index (κ2) is 7.56. The Morgan fingerprint density at radius 2 is 2.31 bits per heavy atom. The van der Waals surface area contributed by atoms with Gasteiger partial charge in [-0.1, -0.05) is 17.2 Å². The Balaban J connectivity index is 2.43. The number of benzene rings is 1. The summed E-state index contributed by atoms with van der Waals surface area (Å²) in [6, 6.07) is 7.81. The standard InChI is InChI=1S/C11H15N3O2/c1-15-9-16-11-6-2-4-10(8-11)5-3-7-13-14-12/h2,4,6,8H,3,5,7,9H2,1H3. The van der Waals surface area contributed by atoms with Gasteiger partial charge in [-0.2, -0.15) is 0 Å². The lowest BCUT2D eigenvalue weighted by atomic mass is 10.1. The Morgan fingerprint density at radius 3 is 3.06 bits per heavy atom. The van der Waals surface area contributed by atoms with Crippen LogP contribution in [0.5, 0.6) is 5.75 Å². The number of ether oxygens (including phenoxy) is 2. The topological polar surface area (TPSA) is 67.2 Å². The van der Waals surface area contributed by atoms with E-state index in [1.165, 1.54) is 5.56 Å². The van der Waals surface area contributed by atoms with Gasteiger partial charge in [-0.3, -0.25) is 0 Å². The molecule has 0 atom stereocenters. The van der Waals surface area contributed by atoms with Crippen molar-refractivity contribution < 1.29 is 9.47 Å². The number of methoxy groups -OCH3 is 1. The van der Waals surface area contributed by atoms with Gasteiger partial charge in [0.05, 0.1) is 0 Å². The van der Waals surface area contributed by atoms with Gasteiger partial charge < -0.3 is 9.47 Å². The van der Waals surface area contributed by atoms with Crippen molar-refractivity contribution in [2.75, 3.05) is 20.4 Å². The summed E-state index contributed by atoms with van der Waals surface area (Å²) in [7, 11) is 1.59. The molecule has 1 rings (SSSR count). The maximum atomic E-state index is 8.13. The van der Waals surface area contributed by atoms with Crippen molar-refractivity contribution in [2.24, 2.45) is 5.11 Å². The molecular weight excluding hydrogens is 206 g/mol. The lowest BCUT2D eigenvalue weighted by Gasteiger charge is -2.06. The first kappa shape index (κ1) is 12.4. The average molecular weight is 221 g/mol. The molecule has 5 heteroatoms. The van der Waals surface area contributed by atoms with Crippen molar-refractivity contribution in [3.05, 3.63) is 40.3 Å². The third-order valence-corrected chi connectivity index (χ3v) is 2.03. The van der Waals surface area contributed by atoms with Gasteiger partial charge in [-0.05, 0) is 36.1 Å². The van der Waals surface area contributed by atoms with E-state index in [-0.39, 0.29) is 6.79 Å². The minimum atomic E-state index is 0.252. The molecule has 1 aromatic rings. The SMILES string of the molecule is COCOc1cccc(CCCN=[N+]=[N-])c1. The molecule has 0 radical (unpaired) electrons. The second-order valence-corrected chi connectivity index (χ2v) is 3.26. The third-order valence-electron chi connectivity index (χ3n) is 2.03. The molecule has 0 amide bonds. The summed E-state index contributed by atoms with van der Waals surface area (Å²) >= 11 is 0. The van der Waals surface area contributed by atoms with Crippen LogP contribution in [-0.2, 0) is 11.2 Å². The summed E-state index contributed by atoms with van der Waals surface area (Å²) < 4.78 is 10.1. The van der Waals surface area contributed by atoms with Crippen LogP contribution < -0.4 is 4.74 Å². The number of azide groups is 1. The second-order valence-electron chi connectivity index (χ2n) is 3.26. The van der Waals surface area contributed by atoms with Gasteiger partial charge in [0.15, 0.2) is 6.79 Å². The van der Waals surface area contributed by atoms with Crippen molar-refractivity contribution in [2.45, 2.75) is 12.8 Å². The minimum Gasteiger partial charge on any atom is -0.468 e. The Bertz CT molecular complexity index is 362. The summed E-state index contributed by atoms with van der Waals surface area (Å²) in [5.74, 6) is 0.795. The van der Waals surface area contributed by atoms with Crippen molar-refractivity contribution in [3.63, 3.8) is 0 Å². The summed E-state index contributed by atoms with van der Waals surface area (Å²) in [6.07, 6.45) is 1.72. The summed E-state index contributed by atoms with van der Waals surface area (Å²) in [4.78, 5) is 2.71. The highest BCUT2D eigenvalue weighted by Crippen LogP contribution is 2.14. The molecule has 0 N–H and O–H groups in total. The van der Waals surface area contributed by atoms with E-state index in [2.05, 4.69) is 10.0 Å². The lowest BCUT2D eigenvalue weighted by Crippen LogP contribution is -1.99. The molecule has 0 saturated heterocycles. The summed E-state index contributed by atoms with van der Waals surface area (Å²) in [5.41, 5.74) is 9.30. The van der Waals surface area contributed by atoms with Gasteiger partial charge in [0, 0.05) is 18.6 Å². The largest absolute Gasteiger partial charge is 0.468 e. The number of hydrogen-bond acceptors (Lipinski definition) is 3. The average Bonchev–Trinajstić information content (AvgIpc) is 2.33. The molecule has 16 heavy (non-hydrogen) atoms. The molecule has 0 bridgehead atoms. The molecular formula is C11H15N3O2. The molecule has 0 aliphatic carbocycles. The van der Waals surface area contributed by atoms with Crippen molar-refractivity contribution in [1.29, 1.82) is 0 Å². The highest BCUT2D eigenvalue weighted by Gasteiger charge is 1.96. The quantitative estimate of drug-likeness (QED) is 0.233. The van der Waals surface area contributed by atoms with Crippen LogP contribution >= 0.6 is 0 Å². The lowest BCUT2D eigenvalue weighted by molar-refractivity contribution is 0.0511. The van der Waals surface area contributed by atoms with E-state index < -0.39 is 0 Å². The summed E-state index contributed by atoms with van der Waals surface area (Å²) in [6.45, 7) is 0.780. The highest BCUT2D eigenvalue weighted by atomic mass is 16.7. The first-order chi connectivity index (χ1) is 7.86. The number of aryl methyl sites for hydroxylation is 1. The predicted molar refractivity (Wildman–Crippen MR) is 61.3 cm³/mol. The van der Waals surface area contributed by atoms with Gasteiger partial charge in [-0.25, -0.2) is 0 Å². The van der Waals surface area contributed by atoms with Crippen LogP contribution in [0.3, 0.4) is 0 Å². The van der Waals surface area contributed by atoms with Crippen LogP contribution in [0.1, 0.15) is 12.0 Å². The molecule has 0 fully saturated rings. The van der Waals surface area contributed by atoms with Crippen LogP contribution in [0, 0.1) is 0 Å². The van der Waals surface area contributed by atoms with E-state index in [4.69, 9.17) is 15.0 Å². The molecule has 0 aliphatic rings. The molecule has 0 unspecified atom stereocenters. The maximum absolute atomic E-state index is 8.13. The number of hydrogen-bond donors (Lipinski definition) is 0. The minimum absolute atomic E-state index is 0.252. The van der Waals surface area contributed by atoms with Crippen LogP contribution in [0.15, 0.2) is 29.4 Å². The van der Waals surface area contributed by atoms with Crippen molar-refractivity contribution in [3.8, 4) is 5.75 Å². The van der Waals surface area contributed by atoms with Crippen molar-refractivity contribution >= 4 is 0 Å². The fraction of sp³-hybridized carbons (Fsp3) is 0.455. The van der Waals surface area contributed by atoms with E-state index in [0.717, 1.165) is 18.6 Å². The van der Waals surface area contributed by atoms with E-state index in [1.54, 1.807) is 7.11 Å². The van der Waals surface area contributed by atoms with Crippen LogP contribution in [0.4, 0.5) is 0 Å². The molecule has 0 spiro atoms. The van der Waals surface area contributed by atoms with E-state index in [1.807, 2.05) is 24.3 Å². The van der Waals surface area contributed by atoms with Crippen molar-refractivity contribution in [1.82, 2.24) is 0 Å². The Hall–Kier alpha value is -1.71. The number of rotatable bonds is 7. The van der Waals surface area contributed by atoms with E-state index in [0.29, 0.717) is 6.54 Å². The fourth-order valence-corrected chi connectivity index (χ4v) is 1.32. The van der Waals surface area contributed by atoms with Crippen LogP contribution in [0.2, 0.25) is 0 Å². The molecule has 86 valence electrons. The van der Waals surface area contributed by atoms with Gasteiger partial charge in [0.2, 0.25) is 0 Å². The first-order valence-corrected chi connectivity index (χ1v) is 5.08. The monoisotopic (exact) mass is 221 g/mol. The molecule has 0 saturated carbocycles. The van der Waals surface area contributed by atoms with Gasteiger partial charge in [-0.15, -0.1) is 0 Å². The Morgan fingerprint density at radius 1 is 1.44 bits per heavy atom. The van der Waals surface area contributed by atoms with E-state index in [9.17, 15) is 0 Å². The molecule has 5 nitrogen and oxygen atoms in total.